The molecule has 6 heteroatoms. The highest BCUT2D eigenvalue weighted by atomic mass is 32.2. The van der Waals surface area contributed by atoms with Crippen LogP contribution in [0.2, 0.25) is 0 Å². The van der Waals surface area contributed by atoms with Crippen molar-refractivity contribution in [2.75, 3.05) is 43.1 Å². The molecule has 0 atom stereocenters. The zero-order chi connectivity index (χ0) is 12.4. The largest absolute Gasteiger partial charge is 0.396 e. The van der Waals surface area contributed by atoms with Gasteiger partial charge in [-0.15, -0.1) is 23.1 Å². The van der Waals surface area contributed by atoms with Crippen molar-refractivity contribution < 1.29 is 4.79 Å². The predicted octanol–water partition coefficient (Wildman–Crippen LogP) is 1.66. The summed E-state index contributed by atoms with van der Waals surface area (Å²) in [5.74, 6) is 0.0594. The number of nitrogen functional groups attached to an aromatic ring is 1. The summed E-state index contributed by atoms with van der Waals surface area (Å²) in [4.78, 5) is 15.6. The fraction of sp³-hybridized carbons (Fsp3) is 0.545. The second-order valence-corrected chi connectivity index (χ2v) is 5.79. The maximum absolute atomic E-state index is 11.5. The molecule has 0 aromatic carbocycles. The minimum atomic E-state index is 0.0594. The Morgan fingerprint density at radius 2 is 2.12 bits per heavy atom. The van der Waals surface area contributed by atoms with Crippen molar-refractivity contribution >= 4 is 39.6 Å². The molecule has 1 fully saturated rings. The zero-order valence-corrected chi connectivity index (χ0v) is 11.7. The molecule has 0 aliphatic carbocycles. The minimum Gasteiger partial charge on any atom is -0.396 e. The fourth-order valence-electron chi connectivity index (χ4n) is 1.95. The van der Waals surface area contributed by atoms with Crippen molar-refractivity contribution in [3.8, 4) is 0 Å². The lowest BCUT2D eigenvalue weighted by Gasteiger charge is -2.28. The van der Waals surface area contributed by atoms with E-state index < -0.39 is 0 Å². The second-order valence-electron chi connectivity index (χ2n) is 3.98. The van der Waals surface area contributed by atoms with Crippen LogP contribution < -0.4 is 16.0 Å². The highest BCUT2D eigenvalue weighted by Crippen LogP contribution is 2.43. The van der Waals surface area contributed by atoms with E-state index in [1.165, 1.54) is 11.3 Å². The van der Waals surface area contributed by atoms with Gasteiger partial charge in [0, 0.05) is 33.1 Å². The standard InChI is InChI=1S/C11H17N3OS2/c1-7(15)9-8(12)10(16-2)11(17-9)14-5-3-13-4-6-14/h13H,3-6,12H2,1-2H3. The molecular formula is C11H17N3OS2. The summed E-state index contributed by atoms with van der Waals surface area (Å²) < 4.78 is 0. The summed E-state index contributed by atoms with van der Waals surface area (Å²) in [6.45, 7) is 5.51. The third-order valence-electron chi connectivity index (χ3n) is 2.81. The average molecular weight is 271 g/mol. The van der Waals surface area contributed by atoms with Gasteiger partial charge in [-0.3, -0.25) is 4.79 Å². The highest BCUT2D eigenvalue weighted by molar-refractivity contribution is 7.99. The normalized spacial score (nSPS) is 16.2. The van der Waals surface area contributed by atoms with Gasteiger partial charge in [0.15, 0.2) is 5.78 Å². The predicted molar refractivity (Wildman–Crippen MR) is 75.6 cm³/mol. The summed E-state index contributed by atoms with van der Waals surface area (Å²) >= 11 is 3.15. The average Bonchev–Trinajstić information content (AvgIpc) is 2.67. The fourth-order valence-corrected chi connectivity index (χ4v) is 4.08. The lowest BCUT2D eigenvalue weighted by molar-refractivity contribution is 0.102. The molecule has 0 bridgehead atoms. The van der Waals surface area contributed by atoms with Crippen molar-refractivity contribution in [1.29, 1.82) is 0 Å². The number of thiophene rings is 1. The van der Waals surface area contributed by atoms with Gasteiger partial charge in [0.2, 0.25) is 0 Å². The Morgan fingerprint density at radius 1 is 1.47 bits per heavy atom. The van der Waals surface area contributed by atoms with E-state index in [-0.39, 0.29) is 5.78 Å². The van der Waals surface area contributed by atoms with Gasteiger partial charge in [-0.25, -0.2) is 0 Å². The van der Waals surface area contributed by atoms with Gasteiger partial charge in [-0.1, -0.05) is 0 Å². The summed E-state index contributed by atoms with van der Waals surface area (Å²) in [5.41, 5.74) is 6.70. The van der Waals surface area contributed by atoms with Crippen LogP contribution in [0.5, 0.6) is 0 Å². The van der Waals surface area contributed by atoms with Crippen molar-refractivity contribution in [1.82, 2.24) is 5.32 Å². The van der Waals surface area contributed by atoms with E-state index in [4.69, 9.17) is 5.73 Å². The number of hydrogen-bond acceptors (Lipinski definition) is 6. The van der Waals surface area contributed by atoms with Crippen LogP contribution in [0.3, 0.4) is 0 Å². The van der Waals surface area contributed by atoms with Gasteiger partial charge >= 0.3 is 0 Å². The Bertz CT molecular complexity index is 425. The molecular weight excluding hydrogens is 254 g/mol. The van der Waals surface area contributed by atoms with E-state index in [1.54, 1.807) is 18.7 Å². The second kappa shape index (κ2) is 5.29. The maximum atomic E-state index is 11.5. The SMILES string of the molecule is CSc1c(N2CCNCC2)sc(C(C)=O)c1N. The van der Waals surface area contributed by atoms with E-state index in [0.29, 0.717) is 10.6 Å². The van der Waals surface area contributed by atoms with Gasteiger partial charge in [0.1, 0.15) is 5.00 Å². The number of nitrogens with zero attached hydrogens (tertiary/aromatic N) is 1. The summed E-state index contributed by atoms with van der Waals surface area (Å²) in [6.07, 6.45) is 2.01. The molecule has 0 unspecified atom stereocenters. The van der Waals surface area contributed by atoms with Gasteiger partial charge in [0.05, 0.1) is 15.5 Å². The van der Waals surface area contributed by atoms with E-state index >= 15 is 0 Å². The van der Waals surface area contributed by atoms with Gasteiger partial charge in [0.25, 0.3) is 0 Å². The smallest absolute Gasteiger partial charge is 0.171 e. The van der Waals surface area contributed by atoms with Crippen molar-refractivity contribution in [3.05, 3.63) is 4.88 Å². The molecule has 0 spiro atoms. The topological polar surface area (TPSA) is 58.4 Å². The van der Waals surface area contributed by atoms with Crippen molar-refractivity contribution in [2.24, 2.45) is 0 Å². The van der Waals surface area contributed by atoms with Crippen LogP contribution in [0.1, 0.15) is 16.6 Å². The third kappa shape index (κ3) is 2.43. The number of ketones is 1. The molecule has 3 N–H and O–H groups in total. The molecule has 1 aromatic rings. The molecule has 17 heavy (non-hydrogen) atoms. The molecule has 0 radical (unpaired) electrons. The molecule has 0 saturated carbocycles. The van der Waals surface area contributed by atoms with E-state index in [9.17, 15) is 4.79 Å². The Morgan fingerprint density at radius 3 is 2.65 bits per heavy atom. The first-order valence-electron chi connectivity index (χ1n) is 5.58. The van der Waals surface area contributed by atoms with E-state index in [0.717, 1.165) is 36.1 Å². The monoisotopic (exact) mass is 271 g/mol. The highest BCUT2D eigenvalue weighted by Gasteiger charge is 2.23. The van der Waals surface area contributed by atoms with Crippen LogP contribution in [0, 0.1) is 0 Å². The summed E-state index contributed by atoms with van der Waals surface area (Å²) in [7, 11) is 0. The van der Waals surface area contributed by atoms with Gasteiger partial charge in [-0.2, -0.15) is 0 Å². The molecule has 94 valence electrons. The lowest BCUT2D eigenvalue weighted by Crippen LogP contribution is -2.43. The van der Waals surface area contributed by atoms with Crippen LogP contribution in [0.4, 0.5) is 10.7 Å². The first-order valence-corrected chi connectivity index (χ1v) is 7.62. The number of nitrogens with one attached hydrogen (secondary N) is 1. The quantitative estimate of drug-likeness (QED) is 0.647. The van der Waals surface area contributed by atoms with Gasteiger partial charge < -0.3 is 16.0 Å². The molecule has 1 aliphatic heterocycles. The summed E-state index contributed by atoms with van der Waals surface area (Å²) in [6, 6.07) is 0. The third-order valence-corrected chi connectivity index (χ3v) is 5.13. The number of thioether (sulfide) groups is 1. The lowest BCUT2D eigenvalue weighted by atomic mass is 10.3. The number of carbonyl (C=O) groups excluding carboxylic acids is 1. The first kappa shape index (κ1) is 12.7. The Kier molecular flexibility index (Phi) is 3.96. The van der Waals surface area contributed by atoms with Crippen LogP contribution in [-0.4, -0.2) is 38.2 Å². The van der Waals surface area contributed by atoms with Crippen LogP contribution in [0.25, 0.3) is 0 Å². The number of nitrogens with two attached hydrogens (primary N) is 1. The van der Waals surface area contributed by atoms with E-state index in [2.05, 4.69) is 10.2 Å². The van der Waals surface area contributed by atoms with E-state index in [1.807, 2.05) is 6.26 Å². The maximum Gasteiger partial charge on any atom is 0.171 e. The summed E-state index contributed by atoms with van der Waals surface area (Å²) in [5, 5.41) is 4.48. The minimum absolute atomic E-state index is 0.0594. The number of anilines is 2. The number of rotatable bonds is 3. The zero-order valence-electron chi connectivity index (χ0n) is 10.1. The van der Waals surface area contributed by atoms with Crippen LogP contribution >= 0.6 is 23.1 Å². The molecule has 2 rings (SSSR count). The van der Waals surface area contributed by atoms with Crippen molar-refractivity contribution in [2.45, 2.75) is 11.8 Å². The number of hydrogen-bond donors (Lipinski definition) is 2. The number of carbonyl (C=O) groups is 1. The van der Waals surface area contributed by atoms with Crippen molar-refractivity contribution in [3.63, 3.8) is 0 Å². The number of piperazine rings is 1. The molecule has 1 aromatic heterocycles. The van der Waals surface area contributed by atoms with Crippen LogP contribution in [0.15, 0.2) is 4.90 Å². The molecule has 4 nitrogen and oxygen atoms in total. The Hall–Kier alpha value is -0.720. The first-order chi connectivity index (χ1) is 8.15. The molecule has 1 saturated heterocycles. The molecule has 1 aliphatic rings. The Labute approximate surface area is 110 Å². The Balaban J connectivity index is 2.38. The van der Waals surface area contributed by atoms with Gasteiger partial charge in [-0.05, 0) is 6.26 Å². The van der Waals surface area contributed by atoms with Crippen LogP contribution in [-0.2, 0) is 0 Å². The molecule has 0 amide bonds. The number of Topliss-reactive ketones (excluding diaryl/α,β-unsaturated/α-hetero) is 1. The molecule has 2 heterocycles.